The van der Waals surface area contributed by atoms with E-state index in [9.17, 15) is 13.6 Å². The lowest BCUT2D eigenvalue weighted by atomic mass is 10.1. The Labute approximate surface area is 99.2 Å². The van der Waals surface area contributed by atoms with Crippen LogP contribution < -0.4 is 4.74 Å². The molecule has 0 atom stereocenters. The lowest BCUT2D eigenvalue weighted by Gasteiger charge is -2.15. The van der Waals surface area contributed by atoms with Crippen molar-refractivity contribution in [2.75, 3.05) is 0 Å². The topological polar surface area (TPSA) is 46.5 Å². The first-order valence-corrected chi connectivity index (χ1v) is 5.10. The summed E-state index contributed by atoms with van der Waals surface area (Å²) in [4.78, 5) is 10.2. The lowest BCUT2D eigenvalue weighted by Crippen LogP contribution is -2.34. The van der Waals surface area contributed by atoms with Crippen molar-refractivity contribution in [3.8, 4) is 5.75 Å². The highest BCUT2D eigenvalue weighted by molar-refractivity contribution is 9.10. The average Bonchev–Trinajstić information content (AvgIpc) is 2.13. The van der Waals surface area contributed by atoms with Gasteiger partial charge in [0.25, 0.3) is 0 Å². The van der Waals surface area contributed by atoms with Crippen molar-refractivity contribution < 1.29 is 23.4 Å². The highest BCUT2D eigenvalue weighted by Crippen LogP contribution is 2.29. The van der Waals surface area contributed by atoms with Crippen LogP contribution in [0.5, 0.6) is 5.75 Å². The van der Waals surface area contributed by atoms with Gasteiger partial charge in [-0.15, -0.1) is 0 Å². The van der Waals surface area contributed by atoms with E-state index in [1.807, 2.05) is 0 Å². The number of carboxylic acid groups (broad SMARTS) is 1. The van der Waals surface area contributed by atoms with E-state index in [0.717, 1.165) is 4.47 Å². The highest BCUT2D eigenvalue weighted by atomic mass is 79.9. The fourth-order valence-corrected chi connectivity index (χ4v) is 1.39. The largest absolute Gasteiger partial charge is 0.501 e. The Morgan fingerprint density at radius 1 is 1.38 bits per heavy atom. The second kappa shape index (κ2) is 4.37. The number of aryl methyl sites for hydroxylation is 2. The molecule has 0 saturated carbocycles. The van der Waals surface area contributed by atoms with E-state index in [0.29, 0.717) is 11.1 Å². The number of alkyl halides is 2. The van der Waals surface area contributed by atoms with Crippen molar-refractivity contribution >= 4 is 21.9 Å². The molecule has 1 aromatic carbocycles. The van der Waals surface area contributed by atoms with Crippen molar-refractivity contribution in [2.45, 2.75) is 20.0 Å². The Hall–Kier alpha value is -1.17. The molecule has 1 aromatic rings. The van der Waals surface area contributed by atoms with Gasteiger partial charge in [0.1, 0.15) is 5.75 Å². The minimum absolute atomic E-state index is 0.175. The van der Waals surface area contributed by atoms with Gasteiger partial charge in [-0.05, 0) is 37.1 Å². The van der Waals surface area contributed by atoms with Gasteiger partial charge in [-0.2, -0.15) is 8.78 Å². The fraction of sp³-hybridized carbons (Fsp3) is 0.300. The first-order chi connectivity index (χ1) is 7.24. The molecule has 0 radical (unpaired) electrons. The van der Waals surface area contributed by atoms with E-state index < -0.39 is 12.1 Å². The van der Waals surface area contributed by atoms with Crippen LogP contribution in [-0.4, -0.2) is 17.2 Å². The number of benzene rings is 1. The molecule has 0 fully saturated rings. The standard InChI is InChI=1S/C10H9BrF2O3/c1-5-3-7(4-6(2)8(5)11)16-10(12,13)9(14)15/h3-4H,1-2H3,(H,14,15). The Morgan fingerprint density at radius 3 is 2.19 bits per heavy atom. The molecule has 0 bridgehead atoms. The van der Waals surface area contributed by atoms with E-state index >= 15 is 0 Å². The van der Waals surface area contributed by atoms with Crippen LogP contribution in [0.2, 0.25) is 0 Å². The Morgan fingerprint density at radius 2 is 1.81 bits per heavy atom. The van der Waals surface area contributed by atoms with Crippen LogP contribution in [0.25, 0.3) is 0 Å². The summed E-state index contributed by atoms with van der Waals surface area (Å²) < 4.78 is 30.4. The van der Waals surface area contributed by atoms with Crippen molar-refractivity contribution in [2.24, 2.45) is 0 Å². The predicted octanol–water partition coefficient (Wildman–Crippen LogP) is 3.12. The highest BCUT2D eigenvalue weighted by Gasteiger charge is 2.42. The third kappa shape index (κ3) is 2.69. The third-order valence-electron chi connectivity index (χ3n) is 1.90. The first-order valence-electron chi connectivity index (χ1n) is 4.31. The van der Waals surface area contributed by atoms with E-state index in [1.54, 1.807) is 13.8 Å². The number of aliphatic carboxylic acids is 1. The summed E-state index contributed by atoms with van der Waals surface area (Å²) >= 11 is 3.26. The van der Waals surface area contributed by atoms with Gasteiger partial charge >= 0.3 is 12.1 Å². The maximum Gasteiger partial charge on any atom is 0.501 e. The van der Waals surface area contributed by atoms with E-state index in [1.165, 1.54) is 12.1 Å². The zero-order valence-corrected chi connectivity index (χ0v) is 10.1. The van der Waals surface area contributed by atoms with Crippen molar-refractivity contribution in [1.82, 2.24) is 0 Å². The summed E-state index contributed by atoms with van der Waals surface area (Å²) in [7, 11) is 0. The van der Waals surface area contributed by atoms with Crippen molar-refractivity contribution in [1.29, 1.82) is 0 Å². The molecule has 0 heterocycles. The van der Waals surface area contributed by atoms with Gasteiger partial charge in [-0.25, -0.2) is 4.79 Å². The van der Waals surface area contributed by atoms with Crippen molar-refractivity contribution in [3.63, 3.8) is 0 Å². The zero-order chi connectivity index (χ0) is 12.5. The monoisotopic (exact) mass is 294 g/mol. The van der Waals surface area contributed by atoms with E-state index in [-0.39, 0.29) is 5.75 Å². The van der Waals surface area contributed by atoms with Gasteiger partial charge in [0.15, 0.2) is 0 Å². The zero-order valence-electron chi connectivity index (χ0n) is 8.55. The molecule has 0 amide bonds. The normalized spacial score (nSPS) is 11.3. The summed E-state index contributed by atoms with van der Waals surface area (Å²) in [6.07, 6.45) is -4.22. The van der Waals surface area contributed by atoms with Gasteiger partial charge in [-0.3, -0.25) is 0 Å². The van der Waals surface area contributed by atoms with Gasteiger partial charge in [-0.1, -0.05) is 15.9 Å². The molecule has 0 aliphatic rings. The molecule has 0 spiro atoms. The Balaban J connectivity index is 3.04. The maximum atomic E-state index is 12.8. The molecule has 0 saturated heterocycles. The number of ether oxygens (including phenoxy) is 1. The number of carboxylic acids is 1. The van der Waals surface area contributed by atoms with E-state index in [4.69, 9.17) is 5.11 Å². The number of carbonyl (C=O) groups is 1. The summed E-state index contributed by atoms with van der Waals surface area (Å²) in [6.45, 7) is 3.39. The Bertz CT molecular complexity index is 409. The molecule has 16 heavy (non-hydrogen) atoms. The molecule has 1 N–H and O–H groups in total. The number of hydrogen-bond donors (Lipinski definition) is 1. The average molecular weight is 295 g/mol. The molecule has 88 valence electrons. The van der Waals surface area contributed by atoms with Gasteiger partial charge in [0.05, 0.1) is 0 Å². The van der Waals surface area contributed by atoms with Crippen LogP contribution >= 0.6 is 15.9 Å². The van der Waals surface area contributed by atoms with Crippen LogP contribution in [0.15, 0.2) is 16.6 Å². The molecule has 3 nitrogen and oxygen atoms in total. The van der Waals surface area contributed by atoms with Crippen molar-refractivity contribution in [3.05, 3.63) is 27.7 Å². The van der Waals surface area contributed by atoms with Gasteiger partial charge in [0.2, 0.25) is 0 Å². The quantitative estimate of drug-likeness (QED) is 0.932. The van der Waals surface area contributed by atoms with Crippen LogP contribution in [0.4, 0.5) is 8.78 Å². The minimum atomic E-state index is -4.22. The number of hydrogen-bond acceptors (Lipinski definition) is 2. The van der Waals surface area contributed by atoms with Crippen LogP contribution in [-0.2, 0) is 4.79 Å². The maximum absolute atomic E-state index is 12.8. The second-order valence-electron chi connectivity index (χ2n) is 3.30. The fourth-order valence-electron chi connectivity index (χ4n) is 1.16. The second-order valence-corrected chi connectivity index (χ2v) is 4.09. The molecular weight excluding hydrogens is 286 g/mol. The van der Waals surface area contributed by atoms with Gasteiger partial charge < -0.3 is 9.84 Å². The molecule has 0 aliphatic heterocycles. The minimum Gasteiger partial charge on any atom is -0.474 e. The molecule has 0 aliphatic carbocycles. The molecule has 6 heteroatoms. The lowest BCUT2D eigenvalue weighted by molar-refractivity contribution is -0.210. The van der Waals surface area contributed by atoms with Crippen LogP contribution in [0.3, 0.4) is 0 Å². The molecule has 1 rings (SSSR count). The first kappa shape index (κ1) is 12.9. The molecule has 0 aromatic heterocycles. The summed E-state index contributed by atoms with van der Waals surface area (Å²) in [6, 6.07) is 2.68. The smallest absolute Gasteiger partial charge is 0.474 e. The third-order valence-corrected chi connectivity index (χ3v) is 3.16. The van der Waals surface area contributed by atoms with E-state index in [2.05, 4.69) is 20.7 Å². The molecule has 0 unspecified atom stereocenters. The Kier molecular flexibility index (Phi) is 3.52. The summed E-state index contributed by atoms with van der Waals surface area (Å²) in [5.41, 5.74) is 1.38. The number of halogens is 3. The SMILES string of the molecule is Cc1cc(OC(F)(F)C(=O)O)cc(C)c1Br. The number of rotatable bonds is 3. The summed E-state index contributed by atoms with van der Waals surface area (Å²) in [5.74, 6) is -2.49. The van der Waals surface area contributed by atoms with Crippen LogP contribution in [0, 0.1) is 13.8 Å². The summed E-state index contributed by atoms with van der Waals surface area (Å²) in [5, 5.41) is 8.21. The molecular formula is C10H9BrF2O3. The van der Waals surface area contributed by atoms with Gasteiger partial charge in [0, 0.05) is 4.47 Å². The van der Waals surface area contributed by atoms with Crippen LogP contribution in [0.1, 0.15) is 11.1 Å². The predicted molar refractivity (Wildman–Crippen MR) is 56.8 cm³/mol.